The zero-order chi connectivity index (χ0) is 19.3. The van der Waals surface area contributed by atoms with E-state index in [-0.39, 0.29) is 29.1 Å². The topological polar surface area (TPSA) is 60.3 Å². The highest BCUT2D eigenvalue weighted by atomic mass is 19.1. The van der Waals surface area contributed by atoms with Gasteiger partial charge in [0.2, 0.25) is 5.91 Å². The third-order valence-corrected chi connectivity index (χ3v) is 5.34. The van der Waals surface area contributed by atoms with Crippen molar-refractivity contribution in [1.29, 1.82) is 0 Å². The lowest BCUT2D eigenvalue weighted by molar-refractivity contribution is -0.121. The molecule has 0 saturated carbocycles. The number of carbonyl (C=O) groups excluding carboxylic acids is 1. The number of halogens is 1. The van der Waals surface area contributed by atoms with Gasteiger partial charge in [-0.3, -0.25) is 9.59 Å². The minimum Gasteiger partial charge on any atom is -0.381 e. The SMILES string of the molecule is Cc1cccc(=O)n1CCC(=O)NCC1(c2cccc(F)c2)CCOCC1. The minimum atomic E-state index is -0.324. The van der Waals surface area contributed by atoms with Crippen LogP contribution in [0, 0.1) is 12.7 Å². The summed E-state index contributed by atoms with van der Waals surface area (Å²) < 4.78 is 20.8. The number of hydrogen-bond acceptors (Lipinski definition) is 3. The van der Waals surface area contributed by atoms with Crippen molar-refractivity contribution in [3.8, 4) is 0 Å². The summed E-state index contributed by atoms with van der Waals surface area (Å²) in [5.41, 5.74) is 1.29. The number of nitrogens with one attached hydrogen (secondary N) is 1. The molecule has 1 N–H and O–H groups in total. The minimum absolute atomic E-state index is 0.108. The van der Waals surface area contributed by atoms with E-state index in [0.717, 1.165) is 24.1 Å². The van der Waals surface area contributed by atoms with Crippen LogP contribution in [0.4, 0.5) is 4.39 Å². The molecule has 6 heteroatoms. The van der Waals surface area contributed by atoms with Crippen molar-refractivity contribution in [2.75, 3.05) is 19.8 Å². The van der Waals surface area contributed by atoms with Crippen LogP contribution < -0.4 is 10.9 Å². The van der Waals surface area contributed by atoms with E-state index < -0.39 is 0 Å². The van der Waals surface area contributed by atoms with E-state index in [4.69, 9.17) is 4.74 Å². The van der Waals surface area contributed by atoms with Crippen molar-refractivity contribution < 1.29 is 13.9 Å². The molecule has 2 aromatic rings. The second-order valence-corrected chi connectivity index (χ2v) is 7.09. The molecule has 0 spiro atoms. The van der Waals surface area contributed by atoms with Gasteiger partial charge in [0.1, 0.15) is 5.82 Å². The van der Waals surface area contributed by atoms with E-state index in [2.05, 4.69) is 5.32 Å². The standard InChI is InChI=1S/C21H25FN2O3/c1-16-4-2-7-20(26)24(16)11-8-19(25)23-15-21(9-12-27-13-10-21)17-5-3-6-18(22)14-17/h2-7,14H,8-13,15H2,1H3,(H,23,25). The van der Waals surface area contributed by atoms with Crippen LogP contribution in [-0.4, -0.2) is 30.2 Å². The molecule has 2 heterocycles. The van der Waals surface area contributed by atoms with Crippen molar-refractivity contribution in [1.82, 2.24) is 9.88 Å². The Kier molecular flexibility index (Phi) is 6.06. The van der Waals surface area contributed by atoms with Crippen LogP contribution in [0.2, 0.25) is 0 Å². The van der Waals surface area contributed by atoms with Crippen LogP contribution in [0.25, 0.3) is 0 Å². The predicted molar refractivity (Wildman–Crippen MR) is 101 cm³/mol. The fourth-order valence-corrected chi connectivity index (χ4v) is 3.63. The average molecular weight is 372 g/mol. The van der Waals surface area contributed by atoms with Gasteiger partial charge in [-0.15, -0.1) is 0 Å². The fourth-order valence-electron chi connectivity index (χ4n) is 3.63. The summed E-state index contributed by atoms with van der Waals surface area (Å²) in [6.45, 7) is 3.80. The highest BCUT2D eigenvalue weighted by molar-refractivity contribution is 5.76. The van der Waals surface area contributed by atoms with Gasteiger partial charge in [-0.05, 0) is 43.5 Å². The number of pyridine rings is 1. The Balaban J connectivity index is 1.65. The third-order valence-electron chi connectivity index (χ3n) is 5.34. The van der Waals surface area contributed by atoms with Crippen LogP contribution in [0.5, 0.6) is 0 Å². The smallest absolute Gasteiger partial charge is 0.250 e. The second-order valence-electron chi connectivity index (χ2n) is 7.09. The Morgan fingerprint density at radius 2 is 1.96 bits per heavy atom. The molecule has 3 rings (SSSR count). The highest BCUT2D eigenvalue weighted by Crippen LogP contribution is 2.34. The zero-order valence-electron chi connectivity index (χ0n) is 15.5. The Morgan fingerprint density at radius 1 is 1.22 bits per heavy atom. The normalized spacial score (nSPS) is 16.1. The summed E-state index contributed by atoms with van der Waals surface area (Å²) in [5.74, 6) is -0.393. The average Bonchev–Trinajstić information content (AvgIpc) is 2.67. The molecular formula is C21H25FN2O3. The number of carbonyl (C=O) groups is 1. The maximum Gasteiger partial charge on any atom is 0.250 e. The Hall–Kier alpha value is -2.47. The largest absolute Gasteiger partial charge is 0.381 e. The first-order valence-corrected chi connectivity index (χ1v) is 9.27. The Bertz CT molecular complexity index is 857. The van der Waals surface area contributed by atoms with Crippen molar-refractivity contribution in [2.45, 2.75) is 38.1 Å². The van der Waals surface area contributed by atoms with Gasteiger partial charge in [-0.25, -0.2) is 4.39 Å². The maximum absolute atomic E-state index is 13.7. The molecule has 0 atom stereocenters. The van der Waals surface area contributed by atoms with Gasteiger partial charge in [0.05, 0.1) is 0 Å². The van der Waals surface area contributed by atoms with Crippen molar-refractivity contribution >= 4 is 5.91 Å². The zero-order valence-corrected chi connectivity index (χ0v) is 15.5. The summed E-state index contributed by atoms with van der Waals surface area (Å²) in [6.07, 6.45) is 1.68. The summed E-state index contributed by atoms with van der Waals surface area (Å²) in [5, 5.41) is 2.99. The van der Waals surface area contributed by atoms with Crippen molar-refractivity contribution in [2.24, 2.45) is 0 Å². The maximum atomic E-state index is 13.7. The van der Waals surface area contributed by atoms with Gasteiger partial charge >= 0.3 is 0 Å². The van der Waals surface area contributed by atoms with Crippen molar-refractivity contribution in [3.05, 3.63) is 69.9 Å². The number of ether oxygens (including phenoxy) is 1. The quantitative estimate of drug-likeness (QED) is 0.848. The molecule has 144 valence electrons. The number of amides is 1. The molecule has 1 aliphatic rings. The van der Waals surface area contributed by atoms with Crippen LogP contribution in [0.1, 0.15) is 30.5 Å². The van der Waals surface area contributed by atoms with E-state index in [1.807, 2.05) is 19.1 Å². The van der Waals surface area contributed by atoms with E-state index in [0.29, 0.717) is 26.3 Å². The van der Waals surface area contributed by atoms with Gasteiger partial charge < -0.3 is 14.6 Å². The van der Waals surface area contributed by atoms with Gasteiger partial charge in [0.25, 0.3) is 5.56 Å². The summed E-state index contributed by atoms with van der Waals surface area (Å²) >= 11 is 0. The molecule has 1 aromatic heterocycles. The summed E-state index contributed by atoms with van der Waals surface area (Å²) in [7, 11) is 0. The number of nitrogens with zero attached hydrogens (tertiary/aromatic N) is 1. The van der Waals surface area contributed by atoms with E-state index >= 15 is 0 Å². The van der Waals surface area contributed by atoms with Gasteiger partial charge in [-0.2, -0.15) is 0 Å². The Morgan fingerprint density at radius 3 is 2.67 bits per heavy atom. The molecule has 27 heavy (non-hydrogen) atoms. The molecule has 1 fully saturated rings. The van der Waals surface area contributed by atoms with Crippen molar-refractivity contribution in [3.63, 3.8) is 0 Å². The molecule has 1 saturated heterocycles. The third kappa shape index (κ3) is 4.63. The lowest BCUT2D eigenvalue weighted by atomic mass is 9.74. The number of aromatic nitrogens is 1. The monoisotopic (exact) mass is 372 g/mol. The van der Waals surface area contributed by atoms with Crippen LogP contribution >= 0.6 is 0 Å². The number of aryl methyl sites for hydroxylation is 1. The molecule has 5 nitrogen and oxygen atoms in total. The van der Waals surface area contributed by atoms with Crippen LogP contribution in [-0.2, 0) is 21.5 Å². The van der Waals surface area contributed by atoms with E-state index in [9.17, 15) is 14.0 Å². The molecule has 1 aromatic carbocycles. The van der Waals surface area contributed by atoms with Crippen LogP contribution in [0.15, 0.2) is 47.3 Å². The number of rotatable bonds is 6. The predicted octanol–water partition coefficient (Wildman–Crippen LogP) is 2.55. The Labute approximate surface area is 158 Å². The highest BCUT2D eigenvalue weighted by Gasteiger charge is 2.35. The van der Waals surface area contributed by atoms with Gasteiger partial charge in [-0.1, -0.05) is 18.2 Å². The number of benzene rings is 1. The molecule has 1 aliphatic heterocycles. The fraction of sp³-hybridized carbons (Fsp3) is 0.429. The lowest BCUT2D eigenvalue weighted by Crippen LogP contribution is -2.44. The number of hydrogen-bond donors (Lipinski definition) is 1. The molecule has 0 unspecified atom stereocenters. The summed E-state index contributed by atoms with van der Waals surface area (Å²) in [6, 6.07) is 11.6. The molecule has 0 bridgehead atoms. The first kappa shape index (κ1) is 19.3. The first-order chi connectivity index (χ1) is 13.0. The first-order valence-electron chi connectivity index (χ1n) is 9.27. The second kappa shape index (κ2) is 8.48. The molecule has 0 radical (unpaired) electrons. The van der Waals surface area contributed by atoms with Gasteiger partial charge in [0.15, 0.2) is 0 Å². The van der Waals surface area contributed by atoms with Gasteiger partial charge in [0, 0.05) is 49.9 Å². The van der Waals surface area contributed by atoms with Crippen LogP contribution in [0.3, 0.4) is 0 Å². The molecular weight excluding hydrogens is 347 g/mol. The van der Waals surface area contributed by atoms with E-state index in [1.165, 1.54) is 12.1 Å². The van der Waals surface area contributed by atoms with E-state index in [1.54, 1.807) is 22.8 Å². The lowest BCUT2D eigenvalue weighted by Gasteiger charge is -2.38. The molecule has 0 aliphatic carbocycles. The molecule has 1 amide bonds. The summed E-state index contributed by atoms with van der Waals surface area (Å²) in [4.78, 5) is 24.3.